The Morgan fingerprint density at radius 1 is 1.38 bits per heavy atom. The van der Waals surface area contributed by atoms with Crippen LogP contribution in [-0.4, -0.2) is 56.6 Å². The molecule has 3 rings (SSSR count). The van der Waals surface area contributed by atoms with Crippen molar-refractivity contribution in [2.75, 3.05) is 19.7 Å². The maximum atomic E-state index is 12.5. The second-order valence-corrected chi connectivity index (χ2v) is 4.96. The molecule has 7 nitrogen and oxygen atoms in total. The average Bonchev–Trinajstić information content (AvgIpc) is 2.92. The minimum absolute atomic E-state index is 0.0270. The molecule has 7 heteroatoms. The van der Waals surface area contributed by atoms with Gasteiger partial charge in [0.1, 0.15) is 0 Å². The van der Waals surface area contributed by atoms with Crippen LogP contribution in [0.2, 0.25) is 0 Å². The second-order valence-electron chi connectivity index (χ2n) is 4.96. The van der Waals surface area contributed by atoms with Crippen molar-refractivity contribution in [1.29, 1.82) is 0 Å². The number of ether oxygens (including phenoxy) is 1. The fourth-order valence-corrected chi connectivity index (χ4v) is 2.41. The van der Waals surface area contributed by atoms with Gasteiger partial charge in [-0.3, -0.25) is 9.48 Å². The topological polar surface area (TPSA) is 73.1 Å². The molecule has 21 heavy (non-hydrogen) atoms. The van der Waals surface area contributed by atoms with E-state index >= 15 is 0 Å². The zero-order valence-electron chi connectivity index (χ0n) is 11.6. The Balaban J connectivity index is 1.68. The molecule has 1 saturated heterocycles. The van der Waals surface area contributed by atoms with Crippen molar-refractivity contribution in [3.8, 4) is 0 Å². The van der Waals surface area contributed by atoms with E-state index in [9.17, 15) is 4.79 Å². The average molecular weight is 287 g/mol. The van der Waals surface area contributed by atoms with Gasteiger partial charge in [-0.15, -0.1) is 0 Å². The van der Waals surface area contributed by atoms with Crippen LogP contribution < -0.4 is 0 Å². The molecule has 0 spiro atoms. The fourth-order valence-electron chi connectivity index (χ4n) is 2.41. The normalized spacial score (nSPS) is 19.2. The summed E-state index contributed by atoms with van der Waals surface area (Å²) in [6.07, 6.45) is 7.44. The Morgan fingerprint density at radius 3 is 3.10 bits per heavy atom. The predicted octanol–water partition coefficient (Wildman–Crippen LogP) is 0.604. The zero-order chi connectivity index (χ0) is 14.5. The summed E-state index contributed by atoms with van der Waals surface area (Å²) in [6.45, 7) is 2.55. The molecule has 3 heterocycles. The summed E-state index contributed by atoms with van der Waals surface area (Å²) in [5.41, 5.74) is 0.560. The fraction of sp³-hybridized carbons (Fsp3) is 0.429. The van der Waals surface area contributed by atoms with Crippen molar-refractivity contribution in [2.45, 2.75) is 19.1 Å². The van der Waals surface area contributed by atoms with Crippen LogP contribution in [0, 0.1) is 0 Å². The van der Waals surface area contributed by atoms with Crippen LogP contribution in [0.3, 0.4) is 0 Å². The number of carbonyl (C=O) groups excluding carboxylic acids is 1. The van der Waals surface area contributed by atoms with E-state index < -0.39 is 0 Å². The largest absolute Gasteiger partial charge is 0.374 e. The van der Waals surface area contributed by atoms with E-state index in [2.05, 4.69) is 15.3 Å². The van der Waals surface area contributed by atoms with E-state index in [1.807, 2.05) is 21.8 Å². The Bertz CT molecular complexity index is 572. The van der Waals surface area contributed by atoms with Crippen LogP contribution in [0.5, 0.6) is 0 Å². The first kappa shape index (κ1) is 13.7. The van der Waals surface area contributed by atoms with Crippen molar-refractivity contribution < 1.29 is 9.53 Å². The molecule has 1 fully saturated rings. The number of hydrogen-bond donors (Lipinski definition) is 0. The summed E-state index contributed by atoms with van der Waals surface area (Å²) in [6, 6.07) is 3.56. The lowest BCUT2D eigenvalue weighted by Crippen LogP contribution is -2.38. The van der Waals surface area contributed by atoms with Crippen LogP contribution in [-0.2, 0) is 11.3 Å². The minimum Gasteiger partial charge on any atom is -0.374 e. The van der Waals surface area contributed by atoms with E-state index in [1.165, 1.54) is 12.4 Å². The van der Waals surface area contributed by atoms with Gasteiger partial charge in [-0.2, -0.15) is 15.3 Å². The number of aromatic nitrogens is 4. The van der Waals surface area contributed by atoms with Crippen molar-refractivity contribution in [3.05, 3.63) is 42.5 Å². The molecule has 0 aliphatic carbocycles. The highest BCUT2D eigenvalue weighted by Crippen LogP contribution is 2.11. The third-order valence-corrected chi connectivity index (χ3v) is 3.42. The number of hydrogen-bond acceptors (Lipinski definition) is 5. The quantitative estimate of drug-likeness (QED) is 0.826. The molecule has 0 aromatic carbocycles. The Hall–Kier alpha value is -2.28. The summed E-state index contributed by atoms with van der Waals surface area (Å²) >= 11 is 0. The van der Waals surface area contributed by atoms with Gasteiger partial charge in [0.05, 0.1) is 30.6 Å². The Labute approximate surface area is 122 Å². The number of amides is 1. The molecule has 1 aliphatic heterocycles. The van der Waals surface area contributed by atoms with Gasteiger partial charge >= 0.3 is 0 Å². The number of carbonyl (C=O) groups is 1. The summed E-state index contributed by atoms with van der Waals surface area (Å²) in [5, 5.41) is 11.6. The van der Waals surface area contributed by atoms with Crippen molar-refractivity contribution in [1.82, 2.24) is 24.9 Å². The summed E-state index contributed by atoms with van der Waals surface area (Å²) in [5.74, 6) is -0.0270. The van der Waals surface area contributed by atoms with Gasteiger partial charge in [0.25, 0.3) is 5.91 Å². The van der Waals surface area contributed by atoms with Crippen LogP contribution in [0.15, 0.2) is 36.9 Å². The van der Waals surface area contributed by atoms with Gasteiger partial charge in [-0.25, -0.2) is 0 Å². The summed E-state index contributed by atoms with van der Waals surface area (Å²) < 4.78 is 7.64. The predicted molar refractivity (Wildman–Crippen MR) is 74.5 cm³/mol. The molecule has 1 aliphatic rings. The van der Waals surface area contributed by atoms with Gasteiger partial charge < -0.3 is 9.64 Å². The van der Waals surface area contributed by atoms with Crippen LogP contribution in [0.4, 0.5) is 0 Å². The molecule has 1 unspecified atom stereocenters. The first-order valence-electron chi connectivity index (χ1n) is 6.98. The molecule has 0 N–H and O–H groups in total. The van der Waals surface area contributed by atoms with Crippen LogP contribution in [0.1, 0.15) is 16.8 Å². The van der Waals surface area contributed by atoms with Gasteiger partial charge in [-0.1, -0.05) is 0 Å². The van der Waals surface area contributed by atoms with E-state index in [0.29, 0.717) is 31.8 Å². The van der Waals surface area contributed by atoms with Crippen molar-refractivity contribution in [2.24, 2.45) is 0 Å². The molecule has 0 saturated carbocycles. The highest BCUT2D eigenvalue weighted by atomic mass is 16.5. The molecule has 1 amide bonds. The summed E-state index contributed by atoms with van der Waals surface area (Å²) in [7, 11) is 0. The molecule has 1 atom stereocenters. The number of rotatable bonds is 3. The van der Waals surface area contributed by atoms with E-state index in [0.717, 1.165) is 6.42 Å². The van der Waals surface area contributed by atoms with Gasteiger partial charge in [-0.05, 0) is 18.6 Å². The highest BCUT2D eigenvalue weighted by Gasteiger charge is 2.24. The lowest BCUT2D eigenvalue weighted by Gasteiger charge is -2.23. The third kappa shape index (κ3) is 3.43. The standard InChI is InChI=1S/C14H17N5O2/c20-14(12-3-5-15-16-9-12)18-6-2-8-21-13(10-18)11-19-7-1-4-17-19/h1,3-5,7,9,13H,2,6,8,10-11H2. The molecule has 2 aromatic heterocycles. The maximum Gasteiger partial charge on any atom is 0.255 e. The van der Waals surface area contributed by atoms with Gasteiger partial charge in [0.2, 0.25) is 0 Å². The second kappa shape index (κ2) is 6.45. The summed E-state index contributed by atoms with van der Waals surface area (Å²) in [4.78, 5) is 14.3. The van der Waals surface area contributed by atoms with E-state index in [4.69, 9.17) is 4.74 Å². The van der Waals surface area contributed by atoms with Gasteiger partial charge in [0, 0.05) is 32.1 Å². The Morgan fingerprint density at radius 2 is 2.33 bits per heavy atom. The van der Waals surface area contributed by atoms with E-state index in [1.54, 1.807) is 12.3 Å². The SMILES string of the molecule is O=C(c1ccnnc1)N1CCCOC(Cn2cccn2)C1. The van der Waals surface area contributed by atoms with Crippen LogP contribution >= 0.6 is 0 Å². The molecular weight excluding hydrogens is 270 g/mol. The number of nitrogens with zero attached hydrogens (tertiary/aromatic N) is 5. The molecule has 0 radical (unpaired) electrons. The van der Waals surface area contributed by atoms with E-state index in [-0.39, 0.29) is 12.0 Å². The third-order valence-electron chi connectivity index (χ3n) is 3.42. The molecule has 110 valence electrons. The zero-order valence-corrected chi connectivity index (χ0v) is 11.6. The first-order chi connectivity index (χ1) is 10.3. The minimum atomic E-state index is -0.0499. The molecule has 2 aromatic rings. The monoisotopic (exact) mass is 287 g/mol. The first-order valence-corrected chi connectivity index (χ1v) is 6.98. The molecular formula is C14H17N5O2. The van der Waals surface area contributed by atoms with Crippen molar-refractivity contribution in [3.63, 3.8) is 0 Å². The van der Waals surface area contributed by atoms with Gasteiger partial charge in [0.15, 0.2) is 0 Å². The Kier molecular flexibility index (Phi) is 4.20. The molecule has 0 bridgehead atoms. The smallest absolute Gasteiger partial charge is 0.255 e. The van der Waals surface area contributed by atoms with Crippen LogP contribution in [0.25, 0.3) is 0 Å². The lowest BCUT2D eigenvalue weighted by molar-refractivity contribution is 0.0367. The maximum absolute atomic E-state index is 12.5. The highest BCUT2D eigenvalue weighted by molar-refractivity contribution is 5.93. The lowest BCUT2D eigenvalue weighted by atomic mass is 10.2. The van der Waals surface area contributed by atoms with Crippen molar-refractivity contribution >= 4 is 5.91 Å².